The van der Waals surface area contributed by atoms with E-state index < -0.39 is 11.9 Å². The van der Waals surface area contributed by atoms with Crippen molar-refractivity contribution in [2.45, 2.75) is 34.8 Å². The third-order valence-electron chi connectivity index (χ3n) is 6.26. The highest BCUT2D eigenvalue weighted by atomic mass is 32.2. The van der Waals surface area contributed by atoms with Crippen LogP contribution in [-0.4, -0.2) is 19.1 Å². The first-order valence-corrected chi connectivity index (χ1v) is 12.0. The zero-order valence-electron chi connectivity index (χ0n) is 18.6. The summed E-state index contributed by atoms with van der Waals surface area (Å²) in [5.74, 6) is 1.16. The van der Waals surface area contributed by atoms with Gasteiger partial charge in [0.15, 0.2) is 5.75 Å². The average Bonchev–Trinajstić information content (AvgIpc) is 3.25. The normalized spacial score (nSPS) is 18.0. The van der Waals surface area contributed by atoms with Crippen molar-refractivity contribution in [2.75, 3.05) is 7.11 Å². The van der Waals surface area contributed by atoms with Crippen LogP contribution in [0.2, 0.25) is 0 Å². The van der Waals surface area contributed by atoms with Crippen LogP contribution in [0.15, 0.2) is 88.7 Å². The molecule has 0 N–H and O–H groups in total. The van der Waals surface area contributed by atoms with Crippen LogP contribution >= 0.6 is 11.8 Å². The molecule has 6 rings (SSSR count). The molecule has 0 aromatic heterocycles. The van der Waals surface area contributed by atoms with Gasteiger partial charge in [-0.2, -0.15) is 0 Å². The zero-order valence-corrected chi connectivity index (χ0v) is 19.4. The monoisotopic (exact) mass is 470 g/mol. The standard InChI is InChI=1S/C28H22O5S/c1-30-27(29)31-25-22-17-28(16-15-18-9-5-8-14-23(18)32-28)33-24(22)20-12-6-7-13-21(20)26(25)34-19-10-3-2-4-11-19/h2-14H,15-17H2,1H3. The fourth-order valence-electron chi connectivity index (χ4n) is 4.70. The molecule has 2 heterocycles. The minimum absolute atomic E-state index is 0.466. The summed E-state index contributed by atoms with van der Waals surface area (Å²) in [5.41, 5.74) is 1.99. The Hall–Kier alpha value is -3.64. The number of benzene rings is 4. The van der Waals surface area contributed by atoms with E-state index in [1.807, 2.05) is 72.8 Å². The van der Waals surface area contributed by atoms with Gasteiger partial charge in [-0.05, 0) is 30.2 Å². The lowest BCUT2D eigenvalue weighted by atomic mass is 9.95. The lowest BCUT2D eigenvalue weighted by Gasteiger charge is -2.34. The Bertz CT molecular complexity index is 1400. The molecule has 0 saturated carbocycles. The number of methoxy groups -OCH3 is 1. The summed E-state index contributed by atoms with van der Waals surface area (Å²) in [6.07, 6.45) is 1.26. The van der Waals surface area contributed by atoms with Crippen LogP contribution in [0.25, 0.3) is 10.8 Å². The van der Waals surface area contributed by atoms with Crippen molar-refractivity contribution in [3.8, 4) is 17.2 Å². The lowest BCUT2D eigenvalue weighted by Crippen LogP contribution is -2.44. The predicted octanol–water partition coefficient (Wildman–Crippen LogP) is 6.79. The molecule has 34 heavy (non-hydrogen) atoms. The first-order valence-electron chi connectivity index (χ1n) is 11.2. The number of hydrogen-bond donors (Lipinski definition) is 0. The molecule has 0 amide bonds. The molecule has 2 aliphatic heterocycles. The van der Waals surface area contributed by atoms with E-state index >= 15 is 0 Å². The summed E-state index contributed by atoms with van der Waals surface area (Å²) in [6, 6.07) is 26.1. The van der Waals surface area contributed by atoms with Crippen LogP contribution in [-0.2, 0) is 17.6 Å². The minimum Gasteiger partial charge on any atom is -0.452 e. The Labute approximate surface area is 201 Å². The van der Waals surface area contributed by atoms with Gasteiger partial charge in [0.25, 0.3) is 5.79 Å². The highest BCUT2D eigenvalue weighted by Gasteiger charge is 2.47. The van der Waals surface area contributed by atoms with E-state index in [1.54, 1.807) is 11.8 Å². The summed E-state index contributed by atoms with van der Waals surface area (Å²) in [6.45, 7) is 0. The number of rotatable bonds is 3. The maximum Gasteiger partial charge on any atom is 0.513 e. The average molecular weight is 471 g/mol. The summed E-state index contributed by atoms with van der Waals surface area (Å²) < 4.78 is 23.7. The minimum atomic E-state index is -0.844. The number of ether oxygens (including phenoxy) is 4. The maximum atomic E-state index is 12.3. The second-order valence-corrected chi connectivity index (χ2v) is 9.47. The summed E-state index contributed by atoms with van der Waals surface area (Å²) >= 11 is 1.56. The molecule has 1 atom stereocenters. The molecule has 6 heteroatoms. The summed E-state index contributed by atoms with van der Waals surface area (Å²) in [7, 11) is 1.31. The predicted molar refractivity (Wildman–Crippen MR) is 130 cm³/mol. The van der Waals surface area contributed by atoms with E-state index in [1.165, 1.54) is 12.7 Å². The van der Waals surface area contributed by atoms with Gasteiger partial charge in [-0.25, -0.2) is 4.79 Å². The molecular formula is C28H22O5S. The summed E-state index contributed by atoms with van der Waals surface area (Å²) in [5, 5.41) is 1.91. The Kier molecular flexibility index (Phi) is 5.11. The van der Waals surface area contributed by atoms with Crippen molar-refractivity contribution < 1.29 is 23.7 Å². The van der Waals surface area contributed by atoms with Crippen LogP contribution in [0.5, 0.6) is 17.2 Å². The smallest absolute Gasteiger partial charge is 0.452 e. The van der Waals surface area contributed by atoms with Crippen LogP contribution < -0.4 is 14.2 Å². The molecule has 5 nitrogen and oxygen atoms in total. The Morgan fingerprint density at radius 3 is 2.47 bits per heavy atom. The van der Waals surface area contributed by atoms with Crippen molar-refractivity contribution in [3.05, 3.63) is 90.0 Å². The van der Waals surface area contributed by atoms with Crippen molar-refractivity contribution in [2.24, 2.45) is 0 Å². The first kappa shape index (κ1) is 20.9. The molecule has 0 radical (unpaired) electrons. The third-order valence-corrected chi connectivity index (χ3v) is 7.38. The third kappa shape index (κ3) is 3.55. The molecular weight excluding hydrogens is 448 g/mol. The van der Waals surface area contributed by atoms with E-state index in [9.17, 15) is 4.79 Å². The van der Waals surface area contributed by atoms with Gasteiger partial charge in [0.2, 0.25) is 0 Å². The number of para-hydroxylation sites is 1. The highest BCUT2D eigenvalue weighted by Crippen LogP contribution is 2.54. The number of carbonyl (C=O) groups is 1. The maximum absolute atomic E-state index is 12.3. The molecule has 1 unspecified atom stereocenters. The molecule has 0 fully saturated rings. The Morgan fingerprint density at radius 2 is 1.65 bits per heavy atom. The van der Waals surface area contributed by atoms with Crippen molar-refractivity contribution in [1.29, 1.82) is 0 Å². The highest BCUT2D eigenvalue weighted by molar-refractivity contribution is 7.99. The van der Waals surface area contributed by atoms with E-state index in [-0.39, 0.29) is 0 Å². The van der Waals surface area contributed by atoms with Crippen molar-refractivity contribution >= 4 is 28.7 Å². The fourth-order valence-corrected chi connectivity index (χ4v) is 5.77. The van der Waals surface area contributed by atoms with Gasteiger partial charge >= 0.3 is 6.16 Å². The van der Waals surface area contributed by atoms with Crippen molar-refractivity contribution in [1.82, 2.24) is 0 Å². The largest absolute Gasteiger partial charge is 0.513 e. The lowest BCUT2D eigenvalue weighted by molar-refractivity contribution is -0.110. The Balaban J connectivity index is 1.52. The first-order chi connectivity index (χ1) is 16.7. The fraction of sp³-hybridized carbons (Fsp3) is 0.179. The molecule has 4 aromatic rings. The zero-order chi connectivity index (χ0) is 23.1. The molecule has 4 aromatic carbocycles. The second kappa shape index (κ2) is 8.29. The quantitative estimate of drug-likeness (QED) is 0.243. The van der Waals surface area contributed by atoms with Gasteiger partial charge in [-0.1, -0.05) is 72.4 Å². The summed E-state index contributed by atoms with van der Waals surface area (Å²) in [4.78, 5) is 14.2. The van der Waals surface area contributed by atoms with Gasteiger partial charge in [-0.15, -0.1) is 0 Å². The topological polar surface area (TPSA) is 54.0 Å². The van der Waals surface area contributed by atoms with E-state index in [4.69, 9.17) is 18.9 Å². The van der Waals surface area contributed by atoms with E-state index in [2.05, 4.69) is 6.07 Å². The van der Waals surface area contributed by atoms with Gasteiger partial charge < -0.3 is 18.9 Å². The number of fused-ring (bicyclic) bond motifs is 4. The molecule has 0 bridgehead atoms. The molecule has 0 aliphatic carbocycles. The number of aryl methyl sites for hydroxylation is 1. The Morgan fingerprint density at radius 1 is 0.912 bits per heavy atom. The van der Waals surface area contributed by atoms with Crippen LogP contribution in [0.1, 0.15) is 17.5 Å². The SMILES string of the molecule is COC(=O)Oc1c2c(c3ccccc3c1Sc1ccccc1)OC1(CCc3ccccc3O1)C2. The van der Waals surface area contributed by atoms with E-state index in [0.717, 1.165) is 38.3 Å². The molecule has 0 saturated heterocycles. The van der Waals surface area contributed by atoms with E-state index in [0.29, 0.717) is 24.3 Å². The van der Waals surface area contributed by atoms with Gasteiger partial charge in [-0.3, -0.25) is 0 Å². The van der Waals surface area contributed by atoms with Crippen LogP contribution in [0.3, 0.4) is 0 Å². The van der Waals surface area contributed by atoms with Crippen LogP contribution in [0.4, 0.5) is 4.79 Å². The van der Waals surface area contributed by atoms with Gasteiger partial charge in [0.1, 0.15) is 11.5 Å². The molecule has 2 aliphatic rings. The van der Waals surface area contributed by atoms with Crippen LogP contribution in [0, 0.1) is 0 Å². The molecule has 170 valence electrons. The molecule has 1 spiro atoms. The van der Waals surface area contributed by atoms with Crippen molar-refractivity contribution in [3.63, 3.8) is 0 Å². The second-order valence-electron chi connectivity index (χ2n) is 8.38. The van der Waals surface area contributed by atoms with Gasteiger partial charge in [0.05, 0.1) is 18.4 Å². The van der Waals surface area contributed by atoms with Gasteiger partial charge in [0, 0.05) is 27.7 Å². The number of hydrogen-bond acceptors (Lipinski definition) is 6. The number of carbonyl (C=O) groups excluding carboxylic acids is 1.